The van der Waals surface area contributed by atoms with Gasteiger partial charge < -0.3 is 19.7 Å². The number of nitro benzene ring substituents is 1. The standard InChI is InChI=1S/C20H21N3O6/c1-3-13-6-4-5-7-15(13)21-19(24)12-22(2)20(25)14-10-17-18(29-9-8-28-17)11-16(14)23(26)27/h4-7,10-11H,3,8-9,12H2,1-2H3,(H,21,24). The summed E-state index contributed by atoms with van der Waals surface area (Å²) < 4.78 is 10.8. The molecule has 0 saturated heterocycles. The predicted molar refractivity (Wildman–Crippen MR) is 105 cm³/mol. The van der Waals surface area contributed by atoms with Crippen molar-refractivity contribution >= 4 is 23.2 Å². The van der Waals surface area contributed by atoms with Crippen molar-refractivity contribution in [3.63, 3.8) is 0 Å². The highest BCUT2D eigenvalue weighted by atomic mass is 16.6. The molecule has 29 heavy (non-hydrogen) atoms. The van der Waals surface area contributed by atoms with Crippen LogP contribution in [-0.2, 0) is 11.2 Å². The Morgan fingerprint density at radius 3 is 2.48 bits per heavy atom. The number of hydrogen-bond donors (Lipinski definition) is 1. The minimum absolute atomic E-state index is 0.163. The molecule has 2 aromatic carbocycles. The summed E-state index contributed by atoms with van der Waals surface area (Å²) in [5, 5.41) is 14.2. The van der Waals surface area contributed by atoms with Crippen LogP contribution in [0.4, 0.5) is 11.4 Å². The third-order valence-electron chi connectivity index (χ3n) is 4.49. The number of nitrogens with one attached hydrogen (secondary N) is 1. The highest BCUT2D eigenvalue weighted by Crippen LogP contribution is 2.37. The Kier molecular flexibility index (Phi) is 5.96. The van der Waals surface area contributed by atoms with E-state index in [1.54, 1.807) is 6.07 Å². The lowest BCUT2D eigenvalue weighted by atomic mass is 10.1. The number of fused-ring (bicyclic) bond motifs is 1. The summed E-state index contributed by atoms with van der Waals surface area (Å²) in [5.41, 5.74) is 1.08. The fourth-order valence-electron chi connectivity index (χ4n) is 3.03. The van der Waals surface area contributed by atoms with Crippen LogP contribution in [0.1, 0.15) is 22.8 Å². The molecule has 0 fully saturated rings. The first kappa shape index (κ1) is 20.1. The van der Waals surface area contributed by atoms with Crippen LogP contribution in [0.5, 0.6) is 11.5 Å². The van der Waals surface area contributed by atoms with Gasteiger partial charge in [0, 0.05) is 18.8 Å². The van der Waals surface area contributed by atoms with E-state index in [1.165, 1.54) is 19.2 Å². The number of likely N-dealkylation sites (N-methyl/N-ethyl adjacent to an activating group) is 1. The molecular formula is C20H21N3O6. The zero-order valence-corrected chi connectivity index (χ0v) is 16.1. The largest absolute Gasteiger partial charge is 0.486 e. The molecule has 1 N–H and O–H groups in total. The molecule has 0 unspecified atom stereocenters. The molecular weight excluding hydrogens is 378 g/mol. The van der Waals surface area contributed by atoms with Crippen molar-refractivity contribution in [2.75, 3.05) is 32.1 Å². The topological polar surface area (TPSA) is 111 Å². The van der Waals surface area contributed by atoms with Crippen LogP contribution in [0.3, 0.4) is 0 Å². The number of carbonyl (C=O) groups excluding carboxylic acids is 2. The second-order valence-electron chi connectivity index (χ2n) is 6.49. The predicted octanol–water partition coefficient (Wildman–Crippen LogP) is 2.64. The van der Waals surface area contributed by atoms with Gasteiger partial charge in [-0.05, 0) is 18.1 Å². The third-order valence-corrected chi connectivity index (χ3v) is 4.49. The van der Waals surface area contributed by atoms with Crippen molar-refractivity contribution < 1.29 is 24.0 Å². The Labute approximate surface area is 167 Å². The monoisotopic (exact) mass is 399 g/mol. The Bertz CT molecular complexity index is 959. The van der Waals surface area contributed by atoms with Gasteiger partial charge in [0.25, 0.3) is 11.6 Å². The molecule has 0 atom stereocenters. The quantitative estimate of drug-likeness (QED) is 0.590. The molecule has 0 spiro atoms. The van der Waals surface area contributed by atoms with Gasteiger partial charge in [-0.15, -0.1) is 0 Å². The number of carbonyl (C=O) groups is 2. The van der Waals surface area contributed by atoms with Gasteiger partial charge in [-0.3, -0.25) is 19.7 Å². The molecule has 9 nitrogen and oxygen atoms in total. The van der Waals surface area contributed by atoms with E-state index >= 15 is 0 Å². The van der Waals surface area contributed by atoms with Crippen molar-refractivity contribution in [1.82, 2.24) is 4.90 Å². The minimum Gasteiger partial charge on any atom is -0.486 e. The van der Waals surface area contributed by atoms with Crippen LogP contribution in [0.2, 0.25) is 0 Å². The first-order chi connectivity index (χ1) is 13.9. The molecule has 152 valence electrons. The number of benzene rings is 2. The zero-order valence-electron chi connectivity index (χ0n) is 16.1. The Hall–Kier alpha value is -3.62. The average molecular weight is 399 g/mol. The zero-order chi connectivity index (χ0) is 21.0. The maximum atomic E-state index is 12.8. The Balaban J connectivity index is 1.77. The van der Waals surface area contributed by atoms with Crippen molar-refractivity contribution in [3.05, 3.63) is 57.6 Å². The molecule has 3 rings (SSSR count). The van der Waals surface area contributed by atoms with Gasteiger partial charge in [0.15, 0.2) is 11.5 Å². The van der Waals surface area contributed by atoms with E-state index in [0.29, 0.717) is 5.69 Å². The Morgan fingerprint density at radius 1 is 1.17 bits per heavy atom. The highest BCUT2D eigenvalue weighted by molar-refractivity contribution is 6.02. The number of nitro groups is 1. The number of rotatable bonds is 6. The van der Waals surface area contributed by atoms with Crippen LogP contribution in [0.25, 0.3) is 0 Å². The molecule has 0 saturated carbocycles. The summed E-state index contributed by atoms with van der Waals surface area (Å²) in [6.07, 6.45) is 0.745. The SMILES string of the molecule is CCc1ccccc1NC(=O)CN(C)C(=O)c1cc2c(cc1[N+](=O)[O-])OCCO2. The molecule has 2 aromatic rings. The smallest absolute Gasteiger partial charge is 0.286 e. The molecule has 9 heteroatoms. The van der Waals surface area contributed by atoms with E-state index in [1.807, 2.05) is 25.1 Å². The fraction of sp³-hybridized carbons (Fsp3) is 0.300. The number of amides is 2. The molecule has 1 aliphatic heterocycles. The van der Waals surface area contributed by atoms with E-state index in [4.69, 9.17) is 9.47 Å². The number of para-hydroxylation sites is 1. The number of hydrogen-bond acceptors (Lipinski definition) is 6. The summed E-state index contributed by atoms with van der Waals surface area (Å²) in [6.45, 7) is 2.27. The molecule has 0 bridgehead atoms. The second-order valence-corrected chi connectivity index (χ2v) is 6.49. The molecule has 1 heterocycles. The normalized spacial score (nSPS) is 12.2. The van der Waals surface area contributed by atoms with Gasteiger partial charge in [-0.2, -0.15) is 0 Å². The van der Waals surface area contributed by atoms with Crippen molar-refractivity contribution in [3.8, 4) is 11.5 Å². The number of aryl methyl sites for hydroxylation is 1. The molecule has 0 radical (unpaired) electrons. The second kappa shape index (κ2) is 8.59. The van der Waals surface area contributed by atoms with E-state index < -0.39 is 22.4 Å². The molecule has 1 aliphatic rings. The first-order valence-corrected chi connectivity index (χ1v) is 9.12. The van der Waals surface area contributed by atoms with E-state index in [0.717, 1.165) is 16.9 Å². The lowest BCUT2D eigenvalue weighted by molar-refractivity contribution is -0.385. The summed E-state index contributed by atoms with van der Waals surface area (Å²) in [7, 11) is 1.41. The summed E-state index contributed by atoms with van der Waals surface area (Å²) in [4.78, 5) is 37.1. The van der Waals surface area contributed by atoms with Crippen LogP contribution in [0, 0.1) is 10.1 Å². The number of ether oxygens (including phenoxy) is 2. The van der Waals surface area contributed by atoms with Crippen LogP contribution in [-0.4, -0.2) is 48.4 Å². The maximum Gasteiger partial charge on any atom is 0.286 e. The van der Waals surface area contributed by atoms with Gasteiger partial charge in [-0.1, -0.05) is 25.1 Å². The van der Waals surface area contributed by atoms with Gasteiger partial charge in [0.05, 0.1) is 17.5 Å². The van der Waals surface area contributed by atoms with Gasteiger partial charge in [0.1, 0.15) is 18.8 Å². The lowest BCUT2D eigenvalue weighted by Gasteiger charge is -2.21. The van der Waals surface area contributed by atoms with Crippen LogP contribution < -0.4 is 14.8 Å². The fourth-order valence-corrected chi connectivity index (χ4v) is 3.03. The van der Waals surface area contributed by atoms with Crippen LogP contribution >= 0.6 is 0 Å². The number of anilines is 1. The van der Waals surface area contributed by atoms with E-state index in [-0.39, 0.29) is 36.8 Å². The highest BCUT2D eigenvalue weighted by Gasteiger charge is 2.28. The van der Waals surface area contributed by atoms with Crippen molar-refractivity contribution in [2.45, 2.75) is 13.3 Å². The summed E-state index contributed by atoms with van der Waals surface area (Å²) >= 11 is 0. The van der Waals surface area contributed by atoms with E-state index in [2.05, 4.69) is 5.32 Å². The van der Waals surface area contributed by atoms with Crippen molar-refractivity contribution in [1.29, 1.82) is 0 Å². The summed E-state index contributed by atoms with van der Waals surface area (Å²) in [6, 6.07) is 9.84. The van der Waals surface area contributed by atoms with E-state index in [9.17, 15) is 19.7 Å². The Morgan fingerprint density at radius 2 is 1.83 bits per heavy atom. The van der Waals surface area contributed by atoms with Gasteiger partial charge in [-0.25, -0.2) is 0 Å². The first-order valence-electron chi connectivity index (χ1n) is 9.12. The molecule has 2 amide bonds. The van der Waals surface area contributed by atoms with Crippen LogP contribution in [0.15, 0.2) is 36.4 Å². The third kappa shape index (κ3) is 4.45. The lowest BCUT2D eigenvalue weighted by Crippen LogP contribution is -2.35. The number of nitrogens with zero attached hydrogens (tertiary/aromatic N) is 2. The van der Waals surface area contributed by atoms with Gasteiger partial charge in [0.2, 0.25) is 5.91 Å². The van der Waals surface area contributed by atoms with Gasteiger partial charge >= 0.3 is 0 Å². The van der Waals surface area contributed by atoms with Crippen molar-refractivity contribution in [2.24, 2.45) is 0 Å². The maximum absolute atomic E-state index is 12.8. The summed E-state index contributed by atoms with van der Waals surface area (Å²) in [5.74, 6) is -0.578. The molecule has 0 aromatic heterocycles. The molecule has 0 aliphatic carbocycles. The average Bonchev–Trinajstić information content (AvgIpc) is 2.72. The minimum atomic E-state index is -0.660.